The molecule has 0 bridgehead atoms. The van der Waals surface area contributed by atoms with E-state index in [2.05, 4.69) is 45.8 Å². The molecule has 28 heavy (non-hydrogen) atoms. The van der Waals surface area contributed by atoms with E-state index in [0.717, 1.165) is 0 Å². The highest BCUT2D eigenvalue weighted by molar-refractivity contribution is 6.87. The molecule has 0 saturated carbocycles. The zero-order valence-corrected chi connectivity index (χ0v) is 21.3. The molecule has 11 heteroatoms. The highest BCUT2D eigenvalue weighted by atomic mass is 28.5. The molecule has 0 radical (unpaired) electrons. The monoisotopic (exact) mass is 452 g/mol. The minimum Gasteiger partial charge on any atom is -0.449 e. The van der Waals surface area contributed by atoms with Gasteiger partial charge >= 0.3 is 14.5 Å². The molecular weight excluding hydrogens is 416 g/mol. The van der Waals surface area contributed by atoms with E-state index in [-0.39, 0.29) is 12.5 Å². The Morgan fingerprint density at radius 3 is 1.96 bits per heavy atom. The van der Waals surface area contributed by atoms with Crippen LogP contribution in [-0.4, -0.2) is 78.7 Å². The second-order valence-corrected chi connectivity index (χ2v) is 22.4. The van der Waals surface area contributed by atoms with Crippen molar-refractivity contribution in [1.29, 1.82) is 0 Å². The van der Waals surface area contributed by atoms with Gasteiger partial charge in [0.2, 0.25) is 11.9 Å². The van der Waals surface area contributed by atoms with Crippen LogP contribution in [-0.2, 0) is 27.3 Å². The van der Waals surface area contributed by atoms with Crippen LogP contribution < -0.4 is 0 Å². The van der Waals surface area contributed by atoms with Crippen LogP contribution in [0.1, 0.15) is 6.92 Å². The van der Waals surface area contributed by atoms with Crippen molar-refractivity contribution in [2.24, 2.45) is 5.92 Å². The number of hydrogen-bond donors (Lipinski definition) is 2. The van der Waals surface area contributed by atoms with E-state index >= 15 is 0 Å². The number of cyclic esters (lactones) is 1. The predicted molar refractivity (Wildman–Crippen MR) is 112 cm³/mol. The van der Waals surface area contributed by atoms with Crippen LogP contribution in [0.15, 0.2) is 0 Å². The summed E-state index contributed by atoms with van der Waals surface area (Å²) in [5.74, 6) is -1.48. The van der Waals surface area contributed by atoms with Crippen molar-refractivity contribution in [1.82, 2.24) is 0 Å². The number of Topliss-reactive ketones (excluding diaryl/α,β-unsaturated/α-hetero) is 1. The number of carbonyl (C=O) groups excluding carboxylic acids is 2. The number of esters is 1. The third-order valence-electron chi connectivity index (χ3n) is 3.84. The van der Waals surface area contributed by atoms with Gasteiger partial charge in [-0.25, -0.2) is 4.79 Å². The minimum absolute atomic E-state index is 0.00628. The molecule has 8 nitrogen and oxygen atoms in total. The standard InChI is InChI=1S/C17H36O8Si3/c1-12(11-28(8,24-26(2,3)4)25-27(5,6)7)10-22-16-14(20)15(13(19)9-18)23-17(16)21/h12-13,15-16,18-19H,9-11H2,1-8H3. The predicted octanol–water partition coefficient (Wildman–Crippen LogP) is 1.63. The van der Waals surface area contributed by atoms with Crippen molar-refractivity contribution in [3.8, 4) is 0 Å². The quantitative estimate of drug-likeness (QED) is 0.276. The van der Waals surface area contributed by atoms with Crippen LogP contribution in [0.2, 0.25) is 51.9 Å². The SMILES string of the molecule is CC(COC1C(=O)OC(C(O)CO)C1=O)C[Si](C)(O[Si](C)(C)C)O[Si](C)(C)C. The molecule has 1 aliphatic rings. The Bertz CT molecular complexity index is 542. The maximum Gasteiger partial charge on any atom is 0.344 e. The van der Waals surface area contributed by atoms with Gasteiger partial charge in [0.1, 0.15) is 6.10 Å². The van der Waals surface area contributed by atoms with Crippen LogP contribution >= 0.6 is 0 Å². The van der Waals surface area contributed by atoms with Gasteiger partial charge in [-0.2, -0.15) is 0 Å². The van der Waals surface area contributed by atoms with E-state index in [1.807, 2.05) is 6.92 Å². The number of rotatable bonds is 11. The van der Waals surface area contributed by atoms with Crippen LogP contribution in [0.25, 0.3) is 0 Å². The highest BCUT2D eigenvalue weighted by Gasteiger charge is 2.48. The maximum absolute atomic E-state index is 12.2. The lowest BCUT2D eigenvalue weighted by Gasteiger charge is -2.39. The third kappa shape index (κ3) is 8.14. The molecule has 1 heterocycles. The van der Waals surface area contributed by atoms with Gasteiger partial charge in [0.15, 0.2) is 22.7 Å². The maximum atomic E-state index is 12.2. The van der Waals surface area contributed by atoms with E-state index in [9.17, 15) is 14.7 Å². The number of carbonyl (C=O) groups is 2. The first-order valence-corrected chi connectivity index (χ1v) is 19.0. The summed E-state index contributed by atoms with van der Waals surface area (Å²) in [7, 11) is -6.10. The van der Waals surface area contributed by atoms with Gasteiger partial charge in [-0.15, -0.1) is 0 Å². The molecule has 0 amide bonds. The van der Waals surface area contributed by atoms with Gasteiger partial charge in [0, 0.05) is 0 Å². The first-order chi connectivity index (χ1) is 12.6. The summed E-state index contributed by atoms with van der Waals surface area (Å²) >= 11 is 0. The van der Waals surface area contributed by atoms with Crippen LogP contribution in [0.5, 0.6) is 0 Å². The van der Waals surface area contributed by atoms with Gasteiger partial charge in [-0.1, -0.05) is 6.92 Å². The average Bonchev–Trinajstić information content (AvgIpc) is 2.74. The zero-order chi connectivity index (χ0) is 21.9. The number of aliphatic hydroxyl groups is 2. The second-order valence-electron chi connectivity index (χ2n) is 9.60. The first kappa shape index (κ1) is 25.6. The number of aliphatic hydroxyl groups excluding tert-OH is 2. The van der Waals surface area contributed by atoms with Crippen molar-refractivity contribution in [2.75, 3.05) is 13.2 Å². The second kappa shape index (κ2) is 9.60. The summed E-state index contributed by atoms with van der Waals surface area (Å²) in [6.45, 7) is 16.3. The van der Waals surface area contributed by atoms with E-state index in [0.29, 0.717) is 6.04 Å². The molecule has 164 valence electrons. The van der Waals surface area contributed by atoms with Crippen molar-refractivity contribution in [2.45, 2.75) is 77.1 Å². The van der Waals surface area contributed by atoms with Gasteiger partial charge in [0.05, 0.1) is 13.2 Å². The zero-order valence-electron chi connectivity index (χ0n) is 18.3. The van der Waals surface area contributed by atoms with Gasteiger partial charge in [-0.05, 0) is 57.8 Å². The van der Waals surface area contributed by atoms with E-state index < -0.39 is 61.9 Å². The Morgan fingerprint density at radius 1 is 1.04 bits per heavy atom. The lowest BCUT2D eigenvalue weighted by Crippen LogP contribution is -2.53. The molecule has 0 spiro atoms. The van der Waals surface area contributed by atoms with E-state index in [1.54, 1.807) is 0 Å². The normalized spacial score (nSPS) is 23.6. The lowest BCUT2D eigenvalue weighted by atomic mass is 10.1. The fraction of sp³-hybridized carbons (Fsp3) is 0.882. The number of ketones is 1. The van der Waals surface area contributed by atoms with E-state index in [1.165, 1.54) is 0 Å². The minimum atomic E-state index is -2.46. The molecule has 1 saturated heterocycles. The topological polar surface area (TPSA) is 112 Å². The van der Waals surface area contributed by atoms with Gasteiger partial charge in [0.25, 0.3) is 0 Å². The lowest BCUT2D eigenvalue weighted by molar-refractivity contribution is -0.153. The molecule has 2 N–H and O–H groups in total. The summed E-state index contributed by atoms with van der Waals surface area (Å²) in [6.07, 6.45) is -4.17. The van der Waals surface area contributed by atoms with E-state index in [4.69, 9.17) is 22.8 Å². The first-order valence-electron chi connectivity index (χ1n) is 9.62. The molecule has 4 unspecified atom stereocenters. The molecular formula is C17H36O8Si3. The molecule has 0 aromatic rings. The summed E-state index contributed by atoms with van der Waals surface area (Å²) in [6, 6.07) is 0.681. The van der Waals surface area contributed by atoms with Crippen molar-refractivity contribution in [3.05, 3.63) is 0 Å². The van der Waals surface area contributed by atoms with Crippen molar-refractivity contribution < 1.29 is 37.5 Å². The number of hydrogen-bond acceptors (Lipinski definition) is 8. The smallest absolute Gasteiger partial charge is 0.344 e. The average molecular weight is 453 g/mol. The van der Waals surface area contributed by atoms with Gasteiger partial charge < -0.3 is 27.9 Å². The van der Waals surface area contributed by atoms with Crippen molar-refractivity contribution >= 4 is 36.9 Å². The van der Waals surface area contributed by atoms with Crippen LogP contribution in [0.3, 0.4) is 0 Å². The number of ether oxygens (including phenoxy) is 2. The molecule has 0 aliphatic carbocycles. The largest absolute Gasteiger partial charge is 0.449 e. The summed E-state index contributed by atoms with van der Waals surface area (Å²) in [4.78, 5) is 24.1. The molecule has 0 aromatic carbocycles. The summed E-state index contributed by atoms with van der Waals surface area (Å²) in [5, 5.41) is 18.6. The Balaban J connectivity index is 2.73. The van der Waals surface area contributed by atoms with Gasteiger partial charge in [-0.3, -0.25) is 4.79 Å². The Labute approximate surface area is 171 Å². The van der Waals surface area contributed by atoms with Crippen LogP contribution in [0.4, 0.5) is 0 Å². The molecule has 1 fully saturated rings. The molecule has 1 aliphatic heterocycles. The molecule has 0 aromatic heterocycles. The Hall–Kier alpha value is -0.409. The summed E-state index contributed by atoms with van der Waals surface area (Å²) in [5.41, 5.74) is 0. The van der Waals surface area contributed by atoms with Crippen molar-refractivity contribution in [3.63, 3.8) is 0 Å². The fourth-order valence-corrected chi connectivity index (χ4v) is 16.3. The third-order valence-corrected chi connectivity index (χ3v) is 13.6. The molecule has 1 rings (SSSR count). The highest BCUT2D eigenvalue weighted by Crippen LogP contribution is 2.28. The fourth-order valence-electron chi connectivity index (χ4n) is 3.38. The Morgan fingerprint density at radius 2 is 1.54 bits per heavy atom. The Kier molecular flexibility index (Phi) is 8.79. The molecule has 4 atom stereocenters. The summed E-state index contributed by atoms with van der Waals surface area (Å²) < 4.78 is 23.3. The van der Waals surface area contributed by atoms with Crippen LogP contribution in [0, 0.1) is 5.92 Å².